The molecule has 0 bridgehead atoms. The van der Waals surface area contributed by atoms with Gasteiger partial charge in [0.15, 0.2) is 0 Å². The van der Waals surface area contributed by atoms with Crippen molar-refractivity contribution in [3.8, 4) is 0 Å². The number of rotatable bonds is 9. The second kappa shape index (κ2) is 13.6. The molecule has 1 rings (SSSR count). The Kier molecular flexibility index (Phi) is 13.7. The summed E-state index contributed by atoms with van der Waals surface area (Å²) in [5.41, 5.74) is -0.277. The fourth-order valence-electron chi connectivity index (χ4n) is 2.80. The molecule has 0 aromatic carbocycles. The van der Waals surface area contributed by atoms with Crippen molar-refractivity contribution in [2.24, 2.45) is 5.41 Å². The van der Waals surface area contributed by atoms with Crippen LogP contribution in [0.2, 0.25) is 0 Å². The molecule has 0 spiro atoms. The van der Waals surface area contributed by atoms with E-state index in [-0.39, 0.29) is 11.4 Å². The summed E-state index contributed by atoms with van der Waals surface area (Å²) < 4.78 is 5.52. The van der Waals surface area contributed by atoms with E-state index in [1.165, 1.54) is 32.4 Å². The van der Waals surface area contributed by atoms with E-state index in [1.807, 2.05) is 4.93 Å². The van der Waals surface area contributed by atoms with Crippen molar-refractivity contribution in [3.63, 3.8) is 0 Å². The number of carbonyl (C=O) groups excluding carboxylic acids is 1. The van der Waals surface area contributed by atoms with Crippen LogP contribution in [-0.4, -0.2) is 42.0 Å². The quantitative estimate of drug-likeness (QED) is 0.224. The van der Waals surface area contributed by atoms with Crippen molar-refractivity contribution >= 4 is 28.6 Å². The Morgan fingerprint density at radius 3 is 2.32 bits per heavy atom. The largest absolute Gasteiger partial charge is 0.465 e. The highest BCUT2D eigenvalue weighted by Gasteiger charge is 2.32. The zero-order chi connectivity index (χ0) is 16.8. The third-order valence-corrected chi connectivity index (χ3v) is 4.66. The van der Waals surface area contributed by atoms with E-state index in [0.717, 1.165) is 38.6 Å². The monoisotopic (exact) mass is 425 g/mol. The average molecular weight is 425 g/mol. The third-order valence-electron chi connectivity index (χ3n) is 4.66. The van der Waals surface area contributed by atoms with E-state index in [1.54, 1.807) is 0 Å². The van der Waals surface area contributed by atoms with Gasteiger partial charge in [0.25, 0.3) is 0 Å². The Balaban J connectivity index is 0.00000211. The van der Waals surface area contributed by atoms with Crippen LogP contribution in [0.4, 0.5) is 0 Å². The first-order valence-corrected chi connectivity index (χ1v) is 11.1. The summed E-state index contributed by atoms with van der Waals surface area (Å²) in [5, 5.41) is 0. The lowest BCUT2D eigenvalue weighted by atomic mass is 9.82. The molecule has 1 aliphatic rings. The molecule has 1 aliphatic heterocycles. The van der Waals surface area contributed by atoms with Crippen LogP contribution in [0.3, 0.4) is 0 Å². The van der Waals surface area contributed by atoms with E-state index >= 15 is 0 Å². The summed E-state index contributed by atoms with van der Waals surface area (Å²) in [6, 6.07) is 0. The molecule has 0 amide bonds. The van der Waals surface area contributed by atoms with Gasteiger partial charge in [-0.15, -0.1) is 0 Å². The highest BCUT2D eigenvalue weighted by atomic mass is 127. The topological polar surface area (TPSA) is 29.5 Å². The summed E-state index contributed by atoms with van der Waals surface area (Å²) in [6.07, 6.45) is 9.06. The first-order chi connectivity index (χ1) is 10.6. The van der Waals surface area contributed by atoms with Crippen LogP contribution in [-0.2, 0) is 9.53 Å². The summed E-state index contributed by atoms with van der Waals surface area (Å²) in [5.74, 6) is 0.00657. The van der Waals surface area contributed by atoms with Crippen LogP contribution in [0, 0.1) is 5.41 Å². The molecule has 22 heavy (non-hydrogen) atoms. The Hall–Kier alpha value is 0.160. The zero-order valence-electron chi connectivity index (χ0n) is 15.1. The van der Waals surface area contributed by atoms with Gasteiger partial charge < -0.3 is 9.64 Å². The lowest BCUT2D eigenvalue weighted by Gasteiger charge is -2.27. The lowest BCUT2D eigenvalue weighted by molar-refractivity contribution is -0.156. The predicted octanol–water partition coefficient (Wildman–Crippen LogP) is 5.06. The SMILES string of the molecule is CCCCC(C)(CC)C(=O)OCCCN1CCCCC1.CI. The van der Waals surface area contributed by atoms with E-state index in [9.17, 15) is 4.79 Å². The molecule has 1 saturated heterocycles. The maximum absolute atomic E-state index is 12.2. The number of esters is 1. The minimum Gasteiger partial charge on any atom is -0.465 e. The minimum atomic E-state index is -0.277. The van der Waals surface area contributed by atoms with Crippen LogP contribution in [0.1, 0.15) is 72.1 Å². The minimum absolute atomic E-state index is 0.00657. The molecular weight excluding hydrogens is 389 g/mol. The lowest BCUT2D eigenvalue weighted by Crippen LogP contribution is -2.32. The summed E-state index contributed by atoms with van der Waals surface area (Å²) in [4.78, 5) is 16.7. The number of halogens is 1. The van der Waals surface area contributed by atoms with Gasteiger partial charge in [-0.2, -0.15) is 0 Å². The second-order valence-electron chi connectivity index (χ2n) is 6.41. The van der Waals surface area contributed by atoms with Crippen molar-refractivity contribution in [1.82, 2.24) is 4.90 Å². The number of hydrogen-bond acceptors (Lipinski definition) is 3. The van der Waals surface area contributed by atoms with Crippen LogP contribution in [0.15, 0.2) is 0 Å². The zero-order valence-corrected chi connectivity index (χ0v) is 17.3. The molecule has 0 saturated carbocycles. The fourth-order valence-corrected chi connectivity index (χ4v) is 2.80. The Bertz CT molecular complexity index is 280. The third kappa shape index (κ3) is 8.70. The highest BCUT2D eigenvalue weighted by Crippen LogP contribution is 2.29. The Labute approximate surface area is 151 Å². The molecule has 0 aliphatic carbocycles. The summed E-state index contributed by atoms with van der Waals surface area (Å²) in [6.45, 7) is 10.4. The molecule has 4 heteroatoms. The van der Waals surface area contributed by atoms with Crippen molar-refractivity contribution < 1.29 is 9.53 Å². The van der Waals surface area contributed by atoms with Gasteiger partial charge >= 0.3 is 5.97 Å². The van der Waals surface area contributed by atoms with E-state index in [0.29, 0.717) is 6.61 Å². The van der Waals surface area contributed by atoms with E-state index < -0.39 is 0 Å². The number of ether oxygens (including phenoxy) is 1. The number of hydrogen-bond donors (Lipinski definition) is 0. The maximum Gasteiger partial charge on any atom is 0.311 e. The predicted molar refractivity (Wildman–Crippen MR) is 104 cm³/mol. The number of carbonyl (C=O) groups is 1. The van der Waals surface area contributed by atoms with Gasteiger partial charge in [-0.3, -0.25) is 4.79 Å². The summed E-state index contributed by atoms with van der Waals surface area (Å²) >= 11 is 2.15. The van der Waals surface area contributed by atoms with Gasteiger partial charge in [0.2, 0.25) is 0 Å². The molecule has 1 heterocycles. The standard InChI is InChI=1S/C17H33NO2.CH3I/c1-4-6-11-17(3,5-2)16(19)20-15-10-14-18-12-8-7-9-13-18;1-2/h4-15H2,1-3H3;1H3. The first-order valence-electron chi connectivity index (χ1n) is 8.89. The number of piperidine rings is 1. The summed E-state index contributed by atoms with van der Waals surface area (Å²) in [7, 11) is 0. The molecule has 0 radical (unpaired) electrons. The molecule has 1 atom stereocenters. The molecule has 1 unspecified atom stereocenters. The van der Waals surface area contributed by atoms with Crippen LogP contribution in [0.5, 0.6) is 0 Å². The number of likely N-dealkylation sites (tertiary alicyclic amines) is 1. The smallest absolute Gasteiger partial charge is 0.311 e. The van der Waals surface area contributed by atoms with Crippen LogP contribution < -0.4 is 0 Å². The molecule has 1 fully saturated rings. The molecular formula is C18H36INO2. The van der Waals surface area contributed by atoms with Crippen molar-refractivity contribution in [3.05, 3.63) is 0 Å². The van der Waals surface area contributed by atoms with Crippen LogP contribution >= 0.6 is 22.6 Å². The van der Waals surface area contributed by atoms with E-state index in [2.05, 4.69) is 48.3 Å². The van der Waals surface area contributed by atoms with Gasteiger partial charge in [-0.05, 0) is 57.0 Å². The van der Waals surface area contributed by atoms with Crippen LogP contribution in [0.25, 0.3) is 0 Å². The average Bonchev–Trinajstić information content (AvgIpc) is 2.59. The van der Waals surface area contributed by atoms with Crippen molar-refractivity contribution in [2.45, 2.75) is 72.1 Å². The Morgan fingerprint density at radius 1 is 1.14 bits per heavy atom. The number of nitrogens with zero attached hydrogens (tertiary/aromatic N) is 1. The normalized spacial score (nSPS) is 18.0. The van der Waals surface area contributed by atoms with Gasteiger partial charge in [0.05, 0.1) is 12.0 Å². The van der Waals surface area contributed by atoms with Gasteiger partial charge in [0, 0.05) is 6.54 Å². The number of unbranched alkanes of at least 4 members (excludes halogenated alkanes) is 1. The van der Waals surface area contributed by atoms with Gasteiger partial charge in [0.1, 0.15) is 0 Å². The van der Waals surface area contributed by atoms with Gasteiger partial charge in [-0.25, -0.2) is 0 Å². The molecule has 0 aromatic heterocycles. The van der Waals surface area contributed by atoms with Crippen molar-refractivity contribution in [2.75, 3.05) is 31.2 Å². The highest BCUT2D eigenvalue weighted by molar-refractivity contribution is 14.1. The molecule has 0 aromatic rings. The van der Waals surface area contributed by atoms with Crippen molar-refractivity contribution in [1.29, 1.82) is 0 Å². The molecule has 132 valence electrons. The molecule has 3 nitrogen and oxygen atoms in total. The number of alkyl halides is 1. The maximum atomic E-state index is 12.2. The van der Waals surface area contributed by atoms with Gasteiger partial charge in [-0.1, -0.05) is 55.7 Å². The molecule has 0 N–H and O–H groups in total. The fraction of sp³-hybridized carbons (Fsp3) is 0.944. The second-order valence-corrected chi connectivity index (χ2v) is 6.41. The van der Waals surface area contributed by atoms with E-state index in [4.69, 9.17) is 4.74 Å². The first kappa shape index (κ1) is 22.2. The Morgan fingerprint density at radius 2 is 1.77 bits per heavy atom.